The lowest BCUT2D eigenvalue weighted by Gasteiger charge is -2.21. The second-order valence-corrected chi connectivity index (χ2v) is 3.63. The Morgan fingerprint density at radius 1 is 1.50 bits per heavy atom. The molecule has 1 rings (SSSR count). The van der Waals surface area contributed by atoms with E-state index in [1.165, 1.54) is 5.57 Å². The average Bonchev–Trinajstić information content (AvgIpc) is 2.05. The minimum atomic E-state index is -0.0313. The van der Waals surface area contributed by atoms with Crippen LogP contribution in [0.2, 0.25) is 0 Å². The number of hydrogen-bond donors (Lipinski definition) is 1. The van der Waals surface area contributed by atoms with Crippen LogP contribution in [0.4, 0.5) is 0 Å². The summed E-state index contributed by atoms with van der Waals surface area (Å²) in [5.41, 5.74) is 1.41. The number of allylic oxidation sites excluding steroid dienone is 1. The fourth-order valence-corrected chi connectivity index (χ4v) is 1.54. The third-order valence-corrected chi connectivity index (χ3v) is 2.44. The monoisotopic (exact) mass is 167 g/mol. The van der Waals surface area contributed by atoms with Crippen molar-refractivity contribution in [2.45, 2.75) is 32.7 Å². The summed E-state index contributed by atoms with van der Waals surface area (Å²) in [7, 11) is 1.84. The molecule has 0 aromatic heterocycles. The summed E-state index contributed by atoms with van der Waals surface area (Å²) in [6, 6.07) is -0.0313. The maximum Gasteiger partial charge on any atom is 0.153 e. The Labute approximate surface area is 74.0 Å². The third-order valence-electron chi connectivity index (χ3n) is 2.44. The van der Waals surface area contributed by atoms with Crippen LogP contribution < -0.4 is 5.32 Å². The molecule has 0 fully saturated rings. The number of Topliss-reactive ketones (excluding diaryl/α,β-unsaturated/α-hetero) is 1. The van der Waals surface area contributed by atoms with Crippen molar-refractivity contribution >= 4 is 5.78 Å². The van der Waals surface area contributed by atoms with Crippen LogP contribution in [0.3, 0.4) is 0 Å². The number of carbonyl (C=O) groups is 1. The van der Waals surface area contributed by atoms with Crippen LogP contribution in [0.15, 0.2) is 11.6 Å². The summed E-state index contributed by atoms with van der Waals surface area (Å²) in [6.07, 6.45) is 3.74. The van der Waals surface area contributed by atoms with Crippen LogP contribution in [0, 0.1) is 5.92 Å². The van der Waals surface area contributed by atoms with Gasteiger partial charge in [-0.15, -0.1) is 0 Å². The van der Waals surface area contributed by atoms with Crippen LogP contribution in [0.25, 0.3) is 0 Å². The number of carbonyl (C=O) groups excluding carboxylic acids is 1. The lowest BCUT2D eigenvalue weighted by molar-refractivity contribution is -0.120. The summed E-state index contributed by atoms with van der Waals surface area (Å²) in [5.74, 6) is 0.899. The first-order chi connectivity index (χ1) is 5.65. The Hall–Kier alpha value is -0.630. The molecule has 0 bridgehead atoms. The van der Waals surface area contributed by atoms with E-state index in [1.807, 2.05) is 7.05 Å². The highest BCUT2D eigenvalue weighted by Gasteiger charge is 2.20. The zero-order valence-electron chi connectivity index (χ0n) is 8.05. The molecular weight excluding hydrogens is 150 g/mol. The number of nitrogens with one attached hydrogen (secondary N) is 1. The standard InChI is InChI=1S/C10H17NO/c1-7(2)8-4-5-10(12)9(6-8)11-3/h6-7,9,11H,4-5H2,1-3H3. The molecule has 68 valence electrons. The van der Waals surface area contributed by atoms with Gasteiger partial charge in [0.1, 0.15) is 0 Å². The molecule has 1 unspecified atom stereocenters. The van der Waals surface area contributed by atoms with Gasteiger partial charge in [0.15, 0.2) is 5.78 Å². The lowest BCUT2D eigenvalue weighted by Crippen LogP contribution is -2.35. The highest BCUT2D eigenvalue weighted by Crippen LogP contribution is 2.21. The third kappa shape index (κ3) is 1.95. The molecule has 0 aromatic rings. The molecule has 12 heavy (non-hydrogen) atoms. The maximum absolute atomic E-state index is 11.3. The molecule has 0 heterocycles. The van der Waals surface area contributed by atoms with Gasteiger partial charge in [0.25, 0.3) is 0 Å². The Morgan fingerprint density at radius 2 is 2.17 bits per heavy atom. The summed E-state index contributed by atoms with van der Waals surface area (Å²) in [4.78, 5) is 11.3. The molecule has 0 amide bonds. The molecule has 1 atom stereocenters. The van der Waals surface area contributed by atoms with Crippen LogP contribution in [-0.2, 0) is 4.79 Å². The molecule has 0 aliphatic heterocycles. The number of ketones is 1. The summed E-state index contributed by atoms with van der Waals surface area (Å²) in [6.45, 7) is 4.35. The maximum atomic E-state index is 11.3. The molecule has 1 N–H and O–H groups in total. The molecule has 0 radical (unpaired) electrons. The molecular formula is C10H17NO. The lowest BCUT2D eigenvalue weighted by atomic mass is 9.88. The second-order valence-electron chi connectivity index (χ2n) is 3.63. The van der Waals surface area contributed by atoms with E-state index in [0.29, 0.717) is 18.1 Å². The molecule has 0 spiro atoms. The predicted molar refractivity (Wildman–Crippen MR) is 50.0 cm³/mol. The van der Waals surface area contributed by atoms with Gasteiger partial charge in [0.2, 0.25) is 0 Å². The van der Waals surface area contributed by atoms with Crippen molar-refractivity contribution in [1.29, 1.82) is 0 Å². The van der Waals surface area contributed by atoms with Crippen LogP contribution in [0.5, 0.6) is 0 Å². The van der Waals surface area contributed by atoms with Crippen molar-refractivity contribution in [2.24, 2.45) is 5.92 Å². The first kappa shape index (κ1) is 9.46. The predicted octanol–water partition coefficient (Wildman–Crippen LogP) is 1.52. The van der Waals surface area contributed by atoms with Crippen molar-refractivity contribution in [1.82, 2.24) is 5.32 Å². The zero-order chi connectivity index (χ0) is 9.14. The second kappa shape index (κ2) is 3.85. The number of likely N-dealkylation sites (N-methyl/N-ethyl adjacent to an activating group) is 1. The van der Waals surface area contributed by atoms with Crippen LogP contribution >= 0.6 is 0 Å². The van der Waals surface area contributed by atoms with Gasteiger partial charge in [0.05, 0.1) is 6.04 Å². The molecule has 0 aromatic carbocycles. The quantitative estimate of drug-likeness (QED) is 0.632. The Bertz CT molecular complexity index is 206. The highest BCUT2D eigenvalue weighted by molar-refractivity contribution is 5.87. The van der Waals surface area contributed by atoms with Crippen molar-refractivity contribution < 1.29 is 4.79 Å². The van der Waals surface area contributed by atoms with E-state index in [4.69, 9.17) is 0 Å². The molecule has 2 nitrogen and oxygen atoms in total. The van der Waals surface area contributed by atoms with Gasteiger partial charge in [-0.2, -0.15) is 0 Å². The van der Waals surface area contributed by atoms with E-state index < -0.39 is 0 Å². The topological polar surface area (TPSA) is 29.1 Å². The number of rotatable bonds is 2. The van der Waals surface area contributed by atoms with Crippen LogP contribution in [-0.4, -0.2) is 18.9 Å². The summed E-state index contributed by atoms with van der Waals surface area (Å²) in [5, 5.41) is 3.01. The highest BCUT2D eigenvalue weighted by atomic mass is 16.1. The van der Waals surface area contributed by atoms with Gasteiger partial charge < -0.3 is 5.32 Å². The Kier molecular flexibility index (Phi) is 3.04. The van der Waals surface area contributed by atoms with Crippen molar-refractivity contribution in [3.05, 3.63) is 11.6 Å². The minimum Gasteiger partial charge on any atom is -0.307 e. The van der Waals surface area contributed by atoms with Crippen molar-refractivity contribution in [2.75, 3.05) is 7.05 Å². The zero-order valence-corrected chi connectivity index (χ0v) is 8.05. The molecule has 0 saturated heterocycles. The molecule has 1 aliphatic carbocycles. The smallest absolute Gasteiger partial charge is 0.153 e. The van der Waals surface area contributed by atoms with Gasteiger partial charge in [-0.05, 0) is 19.4 Å². The largest absolute Gasteiger partial charge is 0.307 e. The Balaban J connectivity index is 2.73. The molecule has 1 aliphatic rings. The van der Waals surface area contributed by atoms with Crippen molar-refractivity contribution in [3.8, 4) is 0 Å². The fourth-order valence-electron chi connectivity index (χ4n) is 1.54. The van der Waals surface area contributed by atoms with Gasteiger partial charge in [-0.3, -0.25) is 4.79 Å². The van der Waals surface area contributed by atoms with Crippen LogP contribution in [0.1, 0.15) is 26.7 Å². The van der Waals surface area contributed by atoms with Gasteiger partial charge in [-0.25, -0.2) is 0 Å². The first-order valence-corrected chi connectivity index (χ1v) is 4.55. The SMILES string of the molecule is CNC1C=C(C(C)C)CCC1=O. The number of hydrogen-bond acceptors (Lipinski definition) is 2. The van der Waals surface area contributed by atoms with E-state index in [-0.39, 0.29) is 6.04 Å². The van der Waals surface area contributed by atoms with Gasteiger partial charge >= 0.3 is 0 Å². The molecule has 0 saturated carbocycles. The summed E-state index contributed by atoms with van der Waals surface area (Å²) < 4.78 is 0. The van der Waals surface area contributed by atoms with Crippen molar-refractivity contribution in [3.63, 3.8) is 0 Å². The van der Waals surface area contributed by atoms with Gasteiger partial charge in [0, 0.05) is 6.42 Å². The normalized spacial score (nSPS) is 24.5. The van der Waals surface area contributed by atoms with E-state index in [2.05, 4.69) is 25.2 Å². The van der Waals surface area contributed by atoms with E-state index in [9.17, 15) is 4.79 Å². The van der Waals surface area contributed by atoms with Gasteiger partial charge in [-0.1, -0.05) is 25.5 Å². The van der Waals surface area contributed by atoms with E-state index in [0.717, 1.165) is 6.42 Å². The average molecular weight is 167 g/mol. The van der Waals surface area contributed by atoms with E-state index in [1.54, 1.807) is 0 Å². The minimum absolute atomic E-state index is 0.0313. The Morgan fingerprint density at radius 3 is 2.67 bits per heavy atom. The summed E-state index contributed by atoms with van der Waals surface area (Å²) >= 11 is 0. The first-order valence-electron chi connectivity index (χ1n) is 4.55. The van der Waals surface area contributed by atoms with E-state index >= 15 is 0 Å². The molecule has 2 heteroatoms. The fraction of sp³-hybridized carbons (Fsp3) is 0.700.